The number of benzene rings is 3. The third kappa shape index (κ3) is 7.52. The van der Waals surface area contributed by atoms with E-state index in [9.17, 15) is 14.4 Å². The van der Waals surface area contributed by atoms with Crippen molar-refractivity contribution in [1.29, 1.82) is 0 Å². The van der Waals surface area contributed by atoms with Crippen molar-refractivity contribution in [2.24, 2.45) is 5.10 Å². The molecular weight excluding hydrogens is 550 g/mol. The number of halogens is 1. The van der Waals surface area contributed by atoms with Gasteiger partial charge in [0.2, 0.25) is 0 Å². The number of ether oxygens (including phenoxy) is 1. The van der Waals surface area contributed by atoms with Crippen LogP contribution in [0.5, 0.6) is 5.75 Å². The quantitative estimate of drug-likeness (QED) is 0.110. The Labute approximate surface area is 240 Å². The van der Waals surface area contributed by atoms with E-state index in [0.717, 1.165) is 11.3 Å². The topological polar surface area (TPSA) is 122 Å². The molecule has 4 aromatic rings. The largest absolute Gasteiger partial charge is 0.494 e. The highest BCUT2D eigenvalue weighted by Crippen LogP contribution is 2.30. The molecule has 1 aromatic heterocycles. The lowest BCUT2D eigenvalue weighted by atomic mass is 10.1. The van der Waals surface area contributed by atoms with Crippen molar-refractivity contribution in [3.63, 3.8) is 0 Å². The molecule has 9 nitrogen and oxygen atoms in total. The maximum absolute atomic E-state index is 13.3. The zero-order chi connectivity index (χ0) is 28.5. The summed E-state index contributed by atoms with van der Waals surface area (Å²) in [6.45, 7) is 4.09. The summed E-state index contributed by atoms with van der Waals surface area (Å²) in [6.07, 6.45) is -0.369. The van der Waals surface area contributed by atoms with Crippen LogP contribution in [0.25, 0.3) is 0 Å². The number of carbonyl (C=O) groups excluding carboxylic acids is 3. The average molecular weight is 576 g/mol. The molecule has 3 N–H and O–H groups in total. The van der Waals surface area contributed by atoms with Crippen LogP contribution in [0, 0.1) is 6.92 Å². The van der Waals surface area contributed by atoms with Gasteiger partial charge in [0.05, 0.1) is 34.3 Å². The van der Waals surface area contributed by atoms with Crippen molar-refractivity contribution in [3.8, 4) is 5.75 Å². The Hall–Kier alpha value is -4.54. The number of ketones is 1. The minimum atomic E-state index is -0.637. The fourth-order valence-corrected chi connectivity index (χ4v) is 4.67. The molecule has 0 spiro atoms. The lowest BCUT2D eigenvalue weighted by Gasteiger charge is -2.09. The second-order valence-electron chi connectivity index (χ2n) is 8.42. The van der Waals surface area contributed by atoms with Gasteiger partial charge in [-0.1, -0.05) is 53.3 Å². The number of Topliss-reactive ketones (excluding diaryl/α,β-unsaturated/α-hetero) is 1. The lowest BCUT2D eigenvalue weighted by molar-refractivity contribution is -0.110. The molecule has 0 radical (unpaired) electrons. The standard InChI is InChI=1S/C29H26ClN5O4S/c1-3-39-21-15-13-20(14-16-21)32-28(38)24(34-35-27(37)19-9-5-4-6-10-19)17-25(36)26-18(2)31-29(40-26)33-23-12-8-7-11-22(23)30/h4-16H,3,17H2,1-2H3,(H,31,33)(H,32,38)(H,35,37)/b34-24+. The number of nitrogens with zero attached hydrogens (tertiary/aromatic N) is 2. The summed E-state index contributed by atoms with van der Waals surface area (Å²) in [5.74, 6) is -0.875. The summed E-state index contributed by atoms with van der Waals surface area (Å²) in [6, 6.07) is 22.4. The van der Waals surface area contributed by atoms with Crippen molar-refractivity contribution in [1.82, 2.24) is 10.4 Å². The Kier molecular flexibility index (Phi) is 9.61. The number of rotatable bonds is 11. The number of hydrazone groups is 1. The molecule has 0 saturated carbocycles. The fraction of sp³-hybridized carbons (Fsp3) is 0.138. The Balaban J connectivity index is 1.54. The number of thiazole rings is 1. The molecule has 204 valence electrons. The van der Waals surface area contributed by atoms with Gasteiger partial charge in [0.25, 0.3) is 11.8 Å². The van der Waals surface area contributed by atoms with Gasteiger partial charge in [-0.2, -0.15) is 5.10 Å². The van der Waals surface area contributed by atoms with E-state index in [4.69, 9.17) is 16.3 Å². The molecule has 0 fully saturated rings. The molecule has 2 amide bonds. The highest BCUT2D eigenvalue weighted by Gasteiger charge is 2.22. The molecule has 3 aromatic carbocycles. The zero-order valence-corrected chi connectivity index (χ0v) is 23.3. The summed E-state index contributed by atoms with van der Waals surface area (Å²) in [5.41, 5.74) is 4.19. The molecular formula is C29H26ClN5O4S. The SMILES string of the molecule is CCOc1ccc(NC(=O)/C(CC(=O)c2sc(Nc3ccccc3Cl)nc2C)=N/NC(=O)c2ccccc2)cc1. The molecule has 1 heterocycles. The van der Waals surface area contributed by atoms with E-state index >= 15 is 0 Å². The molecule has 40 heavy (non-hydrogen) atoms. The van der Waals surface area contributed by atoms with Crippen LogP contribution < -0.4 is 20.8 Å². The van der Waals surface area contributed by atoms with Gasteiger partial charge in [0, 0.05) is 11.3 Å². The predicted molar refractivity (Wildman–Crippen MR) is 158 cm³/mol. The molecule has 0 unspecified atom stereocenters. The molecule has 0 saturated heterocycles. The normalized spacial score (nSPS) is 11.0. The molecule has 0 bridgehead atoms. The van der Waals surface area contributed by atoms with Gasteiger partial charge < -0.3 is 15.4 Å². The summed E-state index contributed by atoms with van der Waals surface area (Å²) >= 11 is 7.37. The van der Waals surface area contributed by atoms with Crippen molar-refractivity contribution >= 4 is 62.8 Å². The summed E-state index contributed by atoms with van der Waals surface area (Å²) in [7, 11) is 0. The maximum atomic E-state index is 13.3. The number of carbonyl (C=O) groups is 3. The van der Waals surface area contributed by atoms with Crippen LogP contribution in [0.15, 0.2) is 84.0 Å². The van der Waals surface area contributed by atoms with E-state index in [2.05, 4.69) is 26.1 Å². The Morgan fingerprint density at radius 3 is 2.38 bits per heavy atom. The second kappa shape index (κ2) is 13.5. The van der Waals surface area contributed by atoms with Gasteiger partial charge >= 0.3 is 0 Å². The Bertz CT molecular complexity index is 1540. The van der Waals surface area contributed by atoms with Gasteiger partial charge in [-0.05, 0) is 62.4 Å². The predicted octanol–water partition coefficient (Wildman–Crippen LogP) is 6.24. The smallest absolute Gasteiger partial charge is 0.272 e. The minimum Gasteiger partial charge on any atom is -0.494 e. The van der Waals surface area contributed by atoms with Crippen molar-refractivity contribution in [3.05, 3.63) is 100 Å². The van der Waals surface area contributed by atoms with E-state index in [1.165, 1.54) is 0 Å². The molecule has 0 aliphatic heterocycles. The summed E-state index contributed by atoms with van der Waals surface area (Å²) < 4.78 is 5.43. The Morgan fingerprint density at radius 2 is 1.68 bits per heavy atom. The number of amides is 2. The van der Waals surface area contributed by atoms with Crippen molar-refractivity contribution in [2.45, 2.75) is 20.3 Å². The monoisotopic (exact) mass is 575 g/mol. The number of para-hydroxylation sites is 1. The van der Waals surface area contributed by atoms with Crippen molar-refractivity contribution in [2.75, 3.05) is 17.2 Å². The molecule has 0 aliphatic rings. The molecule has 0 atom stereocenters. The minimum absolute atomic E-state index is 0.170. The highest BCUT2D eigenvalue weighted by atomic mass is 35.5. The fourth-order valence-electron chi connectivity index (χ4n) is 3.57. The number of aryl methyl sites for hydroxylation is 1. The molecule has 11 heteroatoms. The first-order valence-corrected chi connectivity index (χ1v) is 13.5. The number of hydrogen-bond acceptors (Lipinski definition) is 8. The number of nitrogens with one attached hydrogen (secondary N) is 3. The van der Waals surface area contributed by atoms with Crippen LogP contribution in [0.3, 0.4) is 0 Å². The third-order valence-electron chi connectivity index (χ3n) is 5.51. The van der Waals surface area contributed by atoms with Gasteiger partial charge in [0.15, 0.2) is 10.9 Å². The van der Waals surface area contributed by atoms with E-state index in [-0.39, 0.29) is 17.9 Å². The van der Waals surface area contributed by atoms with Gasteiger partial charge in [0.1, 0.15) is 11.5 Å². The van der Waals surface area contributed by atoms with Crippen molar-refractivity contribution < 1.29 is 19.1 Å². The van der Waals surface area contributed by atoms with Crippen LogP contribution >= 0.6 is 22.9 Å². The zero-order valence-electron chi connectivity index (χ0n) is 21.7. The van der Waals surface area contributed by atoms with E-state index < -0.39 is 11.8 Å². The van der Waals surface area contributed by atoms with Gasteiger partial charge in [-0.25, -0.2) is 10.4 Å². The lowest BCUT2D eigenvalue weighted by Crippen LogP contribution is -2.29. The van der Waals surface area contributed by atoms with Gasteiger partial charge in [-0.3, -0.25) is 14.4 Å². The summed E-state index contributed by atoms with van der Waals surface area (Å²) in [4.78, 5) is 43.9. The number of hydrogen-bond donors (Lipinski definition) is 3. The number of anilines is 3. The third-order valence-corrected chi connectivity index (χ3v) is 6.95. The van der Waals surface area contributed by atoms with Crippen LogP contribution in [0.1, 0.15) is 39.1 Å². The van der Waals surface area contributed by atoms with Crippen LogP contribution in [-0.2, 0) is 4.79 Å². The van der Waals surface area contributed by atoms with Gasteiger partial charge in [-0.15, -0.1) is 0 Å². The highest BCUT2D eigenvalue weighted by molar-refractivity contribution is 7.17. The van der Waals surface area contributed by atoms with E-state index in [1.54, 1.807) is 73.7 Å². The number of aromatic nitrogens is 1. The average Bonchev–Trinajstić information content (AvgIpc) is 3.33. The molecule has 4 rings (SSSR count). The maximum Gasteiger partial charge on any atom is 0.272 e. The van der Waals surface area contributed by atoms with Crippen LogP contribution in [0.2, 0.25) is 5.02 Å². The van der Waals surface area contributed by atoms with Crippen LogP contribution in [0.4, 0.5) is 16.5 Å². The first-order chi connectivity index (χ1) is 19.3. The van der Waals surface area contributed by atoms with Crippen LogP contribution in [-0.4, -0.2) is 34.9 Å². The first kappa shape index (κ1) is 28.5. The molecule has 0 aliphatic carbocycles. The summed E-state index contributed by atoms with van der Waals surface area (Å²) in [5, 5.41) is 10.9. The Morgan fingerprint density at radius 1 is 0.975 bits per heavy atom. The van der Waals surface area contributed by atoms with E-state index in [0.29, 0.717) is 50.0 Å². The second-order valence-corrected chi connectivity index (χ2v) is 9.82. The van der Waals surface area contributed by atoms with E-state index in [1.807, 2.05) is 19.1 Å². The first-order valence-electron chi connectivity index (χ1n) is 12.3.